The van der Waals surface area contributed by atoms with Gasteiger partial charge in [0, 0.05) is 58.5 Å². The van der Waals surface area contributed by atoms with Crippen molar-refractivity contribution in [2.75, 3.05) is 4.90 Å². The monoisotopic (exact) mass is 782 g/mol. The number of rotatable bonds is 5. The number of nitrogens with zero attached hydrogens (tertiary/aromatic N) is 2. The van der Waals surface area contributed by atoms with Gasteiger partial charge in [-0.05, 0) is 111 Å². The molecule has 9 aromatic carbocycles. The Hall–Kier alpha value is -7.20. The zero-order valence-corrected chi connectivity index (χ0v) is 34.1. The van der Waals surface area contributed by atoms with E-state index >= 15 is 0 Å². The summed E-state index contributed by atoms with van der Waals surface area (Å²) in [6.07, 6.45) is 0. The van der Waals surface area contributed by atoms with Crippen LogP contribution in [0.25, 0.3) is 91.6 Å². The summed E-state index contributed by atoms with van der Waals surface area (Å²) in [5.41, 5.74) is 17.5. The van der Waals surface area contributed by atoms with Crippen molar-refractivity contribution in [3.63, 3.8) is 0 Å². The summed E-state index contributed by atoms with van der Waals surface area (Å²) in [5, 5.41) is 7.75. The highest BCUT2D eigenvalue weighted by Gasteiger charge is 2.35. The van der Waals surface area contributed by atoms with Gasteiger partial charge in [0.1, 0.15) is 0 Å². The summed E-state index contributed by atoms with van der Waals surface area (Å²) in [6.45, 7) is 4.69. The van der Waals surface area contributed by atoms with Gasteiger partial charge in [0.05, 0.1) is 22.2 Å². The van der Waals surface area contributed by atoms with Crippen molar-refractivity contribution in [3.8, 4) is 33.4 Å². The molecule has 0 N–H and O–H groups in total. The van der Waals surface area contributed by atoms with Crippen LogP contribution in [0.1, 0.15) is 25.0 Å². The largest absolute Gasteiger partial charge is 0.310 e. The molecule has 13 rings (SSSR count). The van der Waals surface area contributed by atoms with Gasteiger partial charge in [-0.2, -0.15) is 0 Å². The summed E-state index contributed by atoms with van der Waals surface area (Å²) in [4.78, 5) is 2.46. The summed E-state index contributed by atoms with van der Waals surface area (Å²) in [7, 11) is 0. The summed E-state index contributed by atoms with van der Waals surface area (Å²) < 4.78 is 5.13. The van der Waals surface area contributed by atoms with Gasteiger partial charge >= 0.3 is 0 Å². The van der Waals surface area contributed by atoms with Crippen LogP contribution in [0.5, 0.6) is 0 Å². The lowest BCUT2D eigenvalue weighted by Crippen LogP contribution is -2.14. The second-order valence-corrected chi connectivity index (χ2v) is 18.0. The Kier molecular flexibility index (Phi) is 6.98. The van der Waals surface area contributed by atoms with E-state index in [2.05, 4.69) is 217 Å². The van der Waals surface area contributed by atoms with Gasteiger partial charge in [-0.25, -0.2) is 0 Å². The maximum Gasteiger partial charge on any atom is 0.0621 e. The fourth-order valence-corrected chi connectivity index (χ4v) is 11.6. The van der Waals surface area contributed by atoms with Crippen LogP contribution < -0.4 is 4.90 Å². The maximum atomic E-state index is 2.47. The minimum absolute atomic E-state index is 0.0111. The number of aromatic nitrogens is 1. The fraction of sp³-hybridized carbons (Fsp3) is 0.0526. The van der Waals surface area contributed by atoms with Crippen molar-refractivity contribution in [2.24, 2.45) is 0 Å². The van der Waals surface area contributed by atoms with E-state index in [1.807, 2.05) is 11.3 Å². The molecule has 282 valence electrons. The molecular weight excluding hydrogens is 745 g/mol. The Morgan fingerprint density at radius 2 is 1.00 bits per heavy atom. The molecule has 3 heteroatoms. The predicted octanol–water partition coefficient (Wildman–Crippen LogP) is 16.3. The normalized spacial score (nSPS) is 13.3. The van der Waals surface area contributed by atoms with E-state index in [4.69, 9.17) is 0 Å². The summed E-state index contributed by atoms with van der Waals surface area (Å²) in [5.74, 6) is 0. The van der Waals surface area contributed by atoms with E-state index in [9.17, 15) is 0 Å². The van der Waals surface area contributed by atoms with Gasteiger partial charge < -0.3 is 9.30 Å². The highest BCUT2D eigenvalue weighted by molar-refractivity contribution is 7.25. The number of thiophene rings is 1. The number of benzene rings is 9. The molecule has 0 fully saturated rings. The lowest BCUT2D eigenvalue weighted by Gasteiger charge is -2.27. The second-order valence-electron chi connectivity index (χ2n) is 16.9. The van der Waals surface area contributed by atoms with Gasteiger partial charge in [0.25, 0.3) is 0 Å². The Morgan fingerprint density at radius 1 is 0.417 bits per heavy atom. The molecular formula is C57H38N2S. The minimum atomic E-state index is -0.0111. The molecule has 12 aromatic rings. The van der Waals surface area contributed by atoms with Crippen LogP contribution in [0.3, 0.4) is 0 Å². The van der Waals surface area contributed by atoms with Gasteiger partial charge in [-0.1, -0.05) is 141 Å². The SMILES string of the molecule is CC1(C)c2ccccc2-c2cc(-c3ccc(N(c4ccc(-c5ccc6sc7ccccc7c6c5)cc4)c4cccc5c4c4cccc6c7ccccc7n5c64)cc3)ccc21. The zero-order valence-electron chi connectivity index (χ0n) is 33.3. The molecule has 0 unspecified atom stereocenters. The van der Waals surface area contributed by atoms with E-state index in [0.717, 1.165) is 17.1 Å². The Morgan fingerprint density at radius 3 is 1.82 bits per heavy atom. The highest BCUT2D eigenvalue weighted by Crippen LogP contribution is 2.50. The quantitative estimate of drug-likeness (QED) is 0.169. The van der Waals surface area contributed by atoms with Gasteiger partial charge in [0.2, 0.25) is 0 Å². The average Bonchev–Trinajstić information content (AvgIpc) is 4.02. The molecule has 0 spiro atoms. The number of hydrogen-bond donors (Lipinski definition) is 0. The Bertz CT molecular complexity index is 3680. The first kappa shape index (κ1) is 33.7. The molecule has 0 radical (unpaired) electrons. The van der Waals surface area contributed by atoms with E-state index in [1.54, 1.807) is 0 Å². The molecule has 1 aliphatic carbocycles. The van der Waals surface area contributed by atoms with Crippen LogP contribution >= 0.6 is 11.3 Å². The first-order valence-corrected chi connectivity index (χ1v) is 21.7. The van der Waals surface area contributed by atoms with E-state index < -0.39 is 0 Å². The minimum Gasteiger partial charge on any atom is -0.310 e. The third kappa shape index (κ3) is 4.70. The Balaban J connectivity index is 0.970. The first-order chi connectivity index (χ1) is 29.5. The van der Waals surface area contributed by atoms with Crippen LogP contribution in [-0.4, -0.2) is 4.40 Å². The third-order valence-corrected chi connectivity index (χ3v) is 14.5. The third-order valence-electron chi connectivity index (χ3n) is 13.3. The second kappa shape index (κ2) is 12.4. The Labute approximate surface area is 352 Å². The topological polar surface area (TPSA) is 7.65 Å². The predicted molar refractivity (Wildman–Crippen MR) is 257 cm³/mol. The van der Waals surface area contributed by atoms with Crippen molar-refractivity contribution >= 4 is 86.7 Å². The number of fused-ring (bicyclic) bond motifs is 12. The highest BCUT2D eigenvalue weighted by atomic mass is 32.1. The van der Waals surface area contributed by atoms with Gasteiger partial charge in [0.15, 0.2) is 0 Å². The van der Waals surface area contributed by atoms with Crippen LogP contribution in [0.15, 0.2) is 194 Å². The van der Waals surface area contributed by atoms with Crippen molar-refractivity contribution in [2.45, 2.75) is 19.3 Å². The molecule has 0 saturated heterocycles. The van der Waals surface area contributed by atoms with Crippen LogP contribution in [0.4, 0.5) is 17.1 Å². The average molecular weight is 783 g/mol. The standard InChI is InChI=1S/C57H38N2S/c1-57(2)48-16-6-3-11-41(48)46-33-37(25-31-49(46)57)35-21-27-39(28-22-35)58(40-29-23-36(24-30-40)38-26-32-54-47(34-38)43-13-5-8-20-53(43)60-54)51-18-10-19-52-55(51)45-15-9-14-44-42-12-4-7-17-50(42)59(52)56(44)45/h3-34H,1-2H3. The molecule has 3 aromatic heterocycles. The summed E-state index contributed by atoms with van der Waals surface area (Å²) in [6, 6.07) is 72.4. The van der Waals surface area contributed by atoms with Crippen molar-refractivity contribution in [3.05, 3.63) is 205 Å². The molecule has 0 atom stereocenters. The van der Waals surface area contributed by atoms with Crippen LogP contribution in [-0.2, 0) is 5.41 Å². The van der Waals surface area contributed by atoms with Crippen LogP contribution in [0, 0.1) is 0 Å². The number of anilines is 3. The fourth-order valence-electron chi connectivity index (χ4n) is 10.5. The molecule has 0 aliphatic heterocycles. The first-order valence-electron chi connectivity index (χ1n) is 20.8. The van der Waals surface area contributed by atoms with Crippen molar-refractivity contribution in [1.82, 2.24) is 4.40 Å². The van der Waals surface area contributed by atoms with E-state index in [0.29, 0.717) is 0 Å². The smallest absolute Gasteiger partial charge is 0.0621 e. The molecule has 1 aliphatic rings. The number of hydrogen-bond acceptors (Lipinski definition) is 2. The molecule has 0 bridgehead atoms. The summed E-state index contributed by atoms with van der Waals surface area (Å²) >= 11 is 1.87. The molecule has 3 heterocycles. The van der Waals surface area contributed by atoms with E-state index in [1.165, 1.54) is 103 Å². The molecule has 60 heavy (non-hydrogen) atoms. The zero-order chi connectivity index (χ0) is 39.7. The van der Waals surface area contributed by atoms with Gasteiger partial charge in [-0.3, -0.25) is 0 Å². The van der Waals surface area contributed by atoms with Crippen molar-refractivity contribution < 1.29 is 0 Å². The maximum absolute atomic E-state index is 2.47. The lowest BCUT2D eigenvalue weighted by atomic mass is 9.82. The van der Waals surface area contributed by atoms with E-state index in [-0.39, 0.29) is 5.41 Å². The van der Waals surface area contributed by atoms with Crippen LogP contribution in [0.2, 0.25) is 0 Å². The number of para-hydroxylation sites is 2. The molecule has 0 amide bonds. The molecule has 2 nitrogen and oxygen atoms in total. The van der Waals surface area contributed by atoms with Crippen molar-refractivity contribution in [1.29, 1.82) is 0 Å². The van der Waals surface area contributed by atoms with Gasteiger partial charge in [-0.15, -0.1) is 11.3 Å². The lowest BCUT2D eigenvalue weighted by molar-refractivity contribution is 0.660. The molecule has 0 saturated carbocycles.